The van der Waals surface area contributed by atoms with E-state index < -0.39 is 0 Å². The van der Waals surface area contributed by atoms with Gasteiger partial charge in [-0.3, -0.25) is 0 Å². The van der Waals surface area contributed by atoms with E-state index in [-0.39, 0.29) is 0 Å². The molecule has 0 aliphatic heterocycles. The Morgan fingerprint density at radius 2 is 1.85 bits per heavy atom. The highest BCUT2D eigenvalue weighted by molar-refractivity contribution is 5.27. The lowest BCUT2D eigenvalue weighted by molar-refractivity contribution is 0.0730. The molecule has 0 spiro atoms. The van der Waals surface area contributed by atoms with E-state index in [0.717, 1.165) is 12.5 Å². The average Bonchev–Trinajstić information content (AvgIpc) is 2.69. The summed E-state index contributed by atoms with van der Waals surface area (Å²) in [5.74, 6) is 1.68. The normalized spacial score (nSPS) is 22.1. The smallest absolute Gasteiger partial charge is 0.203 e. The van der Waals surface area contributed by atoms with E-state index in [2.05, 4.69) is 62.6 Å². The Balaban J connectivity index is 2.16. The molecule has 1 saturated carbocycles. The molecule has 1 fully saturated rings. The van der Waals surface area contributed by atoms with Crippen molar-refractivity contribution in [3.05, 3.63) is 12.4 Å². The Labute approximate surface area is 124 Å². The highest BCUT2D eigenvalue weighted by Crippen LogP contribution is 2.50. The number of hydrogen-bond donors (Lipinski definition) is 1. The maximum absolute atomic E-state index is 4.51. The molecule has 2 rings (SSSR count). The van der Waals surface area contributed by atoms with E-state index in [1.165, 1.54) is 19.3 Å². The van der Waals surface area contributed by atoms with Crippen molar-refractivity contribution in [3.63, 3.8) is 0 Å². The summed E-state index contributed by atoms with van der Waals surface area (Å²) in [7, 11) is 0. The van der Waals surface area contributed by atoms with Crippen LogP contribution >= 0.6 is 0 Å². The van der Waals surface area contributed by atoms with Gasteiger partial charge in [-0.25, -0.2) is 4.98 Å². The summed E-state index contributed by atoms with van der Waals surface area (Å²) < 4.78 is 2.37. The highest BCUT2D eigenvalue weighted by Gasteiger charge is 2.39. The van der Waals surface area contributed by atoms with Crippen molar-refractivity contribution >= 4 is 5.95 Å². The van der Waals surface area contributed by atoms with E-state index in [1.807, 2.05) is 6.20 Å². The molecule has 3 heteroatoms. The lowest BCUT2D eigenvalue weighted by atomic mass is 9.63. The number of imidazole rings is 1. The molecule has 0 bridgehead atoms. The topological polar surface area (TPSA) is 29.9 Å². The van der Waals surface area contributed by atoms with Crippen LogP contribution in [0.5, 0.6) is 0 Å². The number of rotatable bonds is 4. The maximum Gasteiger partial charge on any atom is 0.203 e. The van der Waals surface area contributed by atoms with Crippen LogP contribution in [0, 0.1) is 16.7 Å². The summed E-state index contributed by atoms with van der Waals surface area (Å²) >= 11 is 0. The predicted octanol–water partition coefficient (Wildman–Crippen LogP) is 4.73. The average molecular weight is 277 g/mol. The van der Waals surface area contributed by atoms with Crippen LogP contribution in [0.3, 0.4) is 0 Å². The van der Waals surface area contributed by atoms with Crippen molar-refractivity contribution in [2.75, 3.05) is 11.9 Å². The van der Waals surface area contributed by atoms with Crippen molar-refractivity contribution < 1.29 is 0 Å². The minimum absolute atomic E-state index is 0.409. The largest absolute Gasteiger partial charge is 0.355 e. The van der Waals surface area contributed by atoms with Crippen LogP contribution in [0.15, 0.2) is 12.4 Å². The van der Waals surface area contributed by atoms with Gasteiger partial charge in [-0.2, -0.15) is 0 Å². The van der Waals surface area contributed by atoms with Gasteiger partial charge in [0.2, 0.25) is 5.95 Å². The predicted molar refractivity (Wildman–Crippen MR) is 86.0 cm³/mol. The van der Waals surface area contributed by atoms with Gasteiger partial charge in [-0.1, -0.05) is 41.5 Å². The van der Waals surface area contributed by atoms with Crippen LogP contribution in [0.2, 0.25) is 0 Å². The number of nitrogens with zero attached hydrogens (tertiary/aromatic N) is 2. The van der Waals surface area contributed by atoms with Crippen LogP contribution in [0.25, 0.3) is 0 Å². The fourth-order valence-electron chi connectivity index (χ4n) is 4.02. The van der Waals surface area contributed by atoms with Gasteiger partial charge in [0.1, 0.15) is 0 Å². The molecular formula is C17H31N3. The van der Waals surface area contributed by atoms with Crippen LogP contribution in [0.1, 0.15) is 66.8 Å². The summed E-state index contributed by atoms with van der Waals surface area (Å²) in [6, 6.07) is 0.561. The first kappa shape index (κ1) is 15.4. The van der Waals surface area contributed by atoms with Gasteiger partial charge in [0.25, 0.3) is 0 Å². The Hall–Kier alpha value is -0.990. The molecule has 0 saturated heterocycles. The Kier molecular flexibility index (Phi) is 4.17. The monoisotopic (exact) mass is 277 g/mol. The fraction of sp³-hybridized carbons (Fsp3) is 0.824. The fourth-order valence-corrected chi connectivity index (χ4v) is 4.02. The quantitative estimate of drug-likeness (QED) is 0.862. The van der Waals surface area contributed by atoms with E-state index >= 15 is 0 Å². The lowest BCUT2D eigenvalue weighted by Crippen LogP contribution is -2.35. The minimum Gasteiger partial charge on any atom is -0.355 e. The Morgan fingerprint density at radius 1 is 1.25 bits per heavy atom. The SMILES string of the molecule is CC(C)CNc1nccn1C1CC(C)(C)CC(C)(C)C1. The van der Waals surface area contributed by atoms with E-state index in [0.29, 0.717) is 22.8 Å². The third-order valence-corrected chi connectivity index (χ3v) is 4.26. The molecule has 3 nitrogen and oxygen atoms in total. The summed E-state index contributed by atoms with van der Waals surface area (Å²) in [5.41, 5.74) is 0.817. The van der Waals surface area contributed by atoms with Crippen LogP contribution in [-0.2, 0) is 0 Å². The molecule has 1 aliphatic carbocycles. The summed E-state index contributed by atoms with van der Waals surface area (Å²) in [4.78, 5) is 4.51. The molecule has 0 atom stereocenters. The zero-order valence-corrected chi connectivity index (χ0v) is 14.0. The van der Waals surface area contributed by atoms with Gasteiger partial charge < -0.3 is 9.88 Å². The minimum atomic E-state index is 0.409. The second-order valence-electron chi connectivity index (χ2n) is 8.50. The molecule has 20 heavy (non-hydrogen) atoms. The second-order valence-corrected chi connectivity index (χ2v) is 8.50. The van der Waals surface area contributed by atoms with Crippen molar-refractivity contribution in [1.82, 2.24) is 9.55 Å². The van der Waals surface area contributed by atoms with Crippen LogP contribution in [0.4, 0.5) is 5.95 Å². The number of nitrogens with one attached hydrogen (secondary N) is 1. The number of aromatic nitrogens is 2. The van der Waals surface area contributed by atoms with Crippen molar-refractivity contribution in [2.24, 2.45) is 16.7 Å². The standard InChI is InChI=1S/C17H31N3/c1-13(2)11-19-15-18-7-8-20(15)14-9-16(3,4)12-17(5,6)10-14/h7-8,13-14H,9-12H2,1-6H3,(H,18,19). The molecule has 1 N–H and O–H groups in total. The third-order valence-electron chi connectivity index (χ3n) is 4.26. The van der Waals surface area contributed by atoms with Crippen molar-refractivity contribution in [2.45, 2.75) is 66.8 Å². The first-order valence-corrected chi connectivity index (χ1v) is 7.95. The van der Waals surface area contributed by atoms with Gasteiger partial charge in [-0.05, 0) is 36.0 Å². The zero-order chi connectivity index (χ0) is 15.0. The van der Waals surface area contributed by atoms with Gasteiger partial charge in [0.15, 0.2) is 0 Å². The van der Waals surface area contributed by atoms with Gasteiger partial charge in [0, 0.05) is 25.0 Å². The summed E-state index contributed by atoms with van der Waals surface area (Å²) in [6.45, 7) is 15.0. The molecule has 1 aromatic rings. The molecule has 1 aromatic heterocycles. The van der Waals surface area contributed by atoms with E-state index in [1.54, 1.807) is 0 Å². The van der Waals surface area contributed by atoms with Crippen molar-refractivity contribution in [1.29, 1.82) is 0 Å². The zero-order valence-electron chi connectivity index (χ0n) is 14.0. The first-order valence-electron chi connectivity index (χ1n) is 7.95. The Bertz CT molecular complexity index is 427. The molecule has 0 radical (unpaired) electrons. The Morgan fingerprint density at radius 3 is 2.40 bits per heavy atom. The van der Waals surface area contributed by atoms with Gasteiger partial charge in [-0.15, -0.1) is 0 Å². The van der Waals surface area contributed by atoms with Crippen LogP contribution < -0.4 is 5.32 Å². The second kappa shape index (κ2) is 5.42. The maximum atomic E-state index is 4.51. The molecule has 1 heterocycles. The van der Waals surface area contributed by atoms with Crippen LogP contribution in [-0.4, -0.2) is 16.1 Å². The highest BCUT2D eigenvalue weighted by atomic mass is 15.2. The first-order chi connectivity index (χ1) is 9.19. The van der Waals surface area contributed by atoms with Crippen molar-refractivity contribution in [3.8, 4) is 0 Å². The number of anilines is 1. The molecular weight excluding hydrogens is 246 g/mol. The third kappa shape index (κ3) is 3.77. The summed E-state index contributed by atoms with van der Waals surface area (Å²) in [5, 5.41) is 3.50. The van der Waals surface area contributed by atoms with E-state index in [9.17, 15) is 0 Å². The van der Waals surface area contributed by atoms with Gasteiger partial charge >= 0.3 is 0 Å². The van der Waals surface area contributed by atoms with E-state index in [4.69, 9.17) is 0 Å². The summed E-state index contributed by atoms with van der Waals surface area (Å²) in [6.07, 6.45) is 7.86. The molecule has 0 unspecified atom stereocenters. The molecule has 114 valence electrons. The molecule has 0 amide bonds. The number of hydrogen-bond acceptors (Lipinski definition) is 2. The lowest BCUT2D eigenvalue weighted by Gasteiger charge is -2.45. The molecule has 1 aliphatic rings. The molecule has 0 aromatic carbocycles. The van der Waals surface area contributed by atoms with Gasteiger partial charge in [0.05, 0.1) is 0 Å².